The Bertz CT molecular complexity index is 691. The van der Waals surface area contributed by atoms with Gasteiger partial charge in [0.15, 0.2) is 6.04 Å². The van der Waals surface area contributed by atoms with E-state index in [4.69, 9.17) is 23.2 Å². The number of hydrogen-bond acceptors (Lipinski definition) is 2. The van der Waals surface area contributed by atoms with Gasteiger partial charge in [0.05, 0.1) is 5.02 Å². The van der Waals surface area contributed by atoms with Crippen LogP contribution in [0.25, 0.3) is 0 Å². The van der Waals surface area contributed by atoms with Gasteiger partial charge in [-0.15, -0.1) is 0 Å². The molecule has 0 saturated heterocycles. The number of nitrogens with one attached hydrogen (secondary N) is 1. The minimum absolute atomic E-state index is 0.540. The highest BCUT2D eigenvalue weighted by Gasteiger charge is 2.20. The molecule has 0 radical (unpaired) electrons. The molecule has 0 spiro atoms. The highest BCUT2D eigenvalue weighted by molar-refractivity contribution is 9.10. The number of carboxylic acids is 1. The lowest BCUT2D eigenvalue weighted by molar-refractivity contribution is -0.138. The molecule has 6 heteroatoms. The van der Waals surface area contributed by atoms with Crippen LogP contribution in [0.5, 0.6) is 0 Å². The van der Waals surface area contributed by atoms with Gasteiger partial charge in [-0.2, -0.15) is 0 Å². The molecule has 1 unspecified atom stereocenters. The zero-order chi connectivity index (χ0) is 15.6. The summed E-state index contributed by atoms with van der Waals surface area (Å²) in [7, 11) is 0. The average molecular weight is 389 g/mol. The number of rotatable bonds is 4. The summed E-state index contributed by atoms with van der Waals surface area (Å²) in [6.07, 6.45) is 0. The third-order valence-electron chi connectivity index (χ3n) is 3.01. The molecule has 0 amide bonds. The number of aryl methyl sites for hydroxylation is 1. The first-order valence-corrected chi connectivity index (χ1v) is 7.64. The average Bonchev–Trinajstić information content (AvgIpc) is 2.43. The van der Waals surface area contributed by atoms with Crippen molar-refractivity contribution in [1.29, 1.82) is 0 Å². The van der Waals surface area contributed by atoms with Gasteiger partial charge in [-0.1, -0.05) is 35.3 Å². The summed E-state index contributed by atoms with van der Waals surface area (Å²) < 4.78 is 0.695. The van der Waals surface area contributed by atoms with Crippen molar-refractivity contribution in [3.05, 3.63) is 62.0 Å². The van der Waals surface area contributed by atoms with Crippen LogP contribution in [-0.2, 0) is 4.79 Å². The number of hydrogen-bond donors (Lipinski definition) is 2. The molecule has 2 aromatic rings. The largest absolute Gasteiger partial charge is 0.479 e. The van der Waals surface area contributed by atoms with E-state index in [1.807, 2.05) is 6.92 Å². The van der Waals surface area contributed by atoms with Crippen LogP contribution in [0.3, 0.4) is 0 Å². The van der Waals surface area contributed by atoms with Crippen molar-refractivity contribution < 1.29 is 9.90 Å². The van der Waals surface area contributed by atoms with E-state index in [1.165, 1.54) is 0 Å². The Morgan fingerprint density at radius 3 is 2.48 bits per heavy atom. The fourth-order valence-electron chi connectivity index (χ4n) is 1.83. The number of aliphatic carboxylic acids is 1. The topological polar surface area (TPSA) is 49.3 Å². The van der Waals surface area contributed by atoms with Crippen LogP contribution in [0, 0.1) is 6.92 Å². The van der Waals surface area contributed by atoms with Crippen LogP contribution < -0.4 is 5.32 Å². The molecule has 0 aliphatic carbocycles. The molecule has 1 atom stereocenters. The maximum atomic E-state index is 11.5. The number of anilines is 1. The molecule has 2 aromatic carbocycles. The van der Waals surface area contributed by atoms with E-state index in [9.17, 15) is 9.90 Å². The summed E-state index contributed by atoms with van der Waals surface area (Å²) in [6.45, 7) is 1.87. The van der Waals surface area contributed by atoms with E-state index in [0.717, 1.165) is 5.56 Å². The van der Waals surface area contributed by atoms with Crippen LogP contribution in [0.4, 0.5) is 5.69 Å². The Balaban J connectivity index is 2.32. The van der Waals surface area contributed by atoms with E-state index < -0.39 is 12.0 Å². The van der Waals surface area contributed by atoms with E-state index >= 15 is 0 Å². The first-order chi connectivity index (χ1) is 9.88. The Morgan fingerprint density at radius 1 is 1.19 bits per heavy atom. The maximum absolute atomic E-state index is 11.5. The lowest BCUT2D eigenvalue weighted by Gasteiger charge is -2.17. The maximum Gasteiger partial charge on any atom is 0.330 e. The number of carbonyl (C=O) groups is 1. The van der Waals surface area contributed by atoms with E-state index in [-0.39, 0.29) is 0 Å². The second kappa shape index (κ2) is 6.69. The molecular formula is C15H12BrCl2NO2. The van der Waals surface area contributed by atoms with Crippen molar-refractivity contribution in [1.82, 2.24) is 0 Å². The molecule has 0 aliphatic heterocycles. The van der Waals surface area contributed by atoms with Crippen molar-refractivity contribution in [2.45, 2.75) is 13.0 Å². The van der Waals surface area contributed by atoms with Crippen LogP contribution in [0.2, 0.25) is 10.0 Å². The quantitative estimate of drug-likeness (QED) is 0.746. The molecule has 0 aliphatic rings. The Labute approximate surface area is 141 Å². The highest BCUT2D eigenvalue weighted by atomic mass is 79.9. The van der Waals surface area contributed by atoms with Crippen LogP contribution in [0.15, 0.2) is 40.9 Å². The molecule has 2 N–H and O–H groups in total. The molecule has 0 bridgehead atoms. The van der Waals surface area contributed by atoms with Gasteiger partial charge in [0.25, 0.3) is 0 Å². The van der Waals surface area contributed by atoms with Gasteiger partial charge in [-0.05, 0) is 58.2 Å². The fraction of sp³-hybridized carbons (Fsp3) is 0.133. The molecule has 0 aromatic heterocycles. The summed E-state index contributed by atoms with van der Waals surface area (Å²) in [5, 5.41) is 13.5. The lowest BCUT2D eigenvalue weighted by atomic mass is 10.0. The monoisotopic (exact) mass is 387 g/mol. The summed E-state index contributed by atoms with van der Waals surface area (Å²) in [6, 6.07) is 9.46. The molecule has 21 heavy (non-hydrogen) atoms. The second-order valence-electron chi connectivity index (χ2n) is 4.55. The zero-order valence-corrected chi connectivity index (χ0v) is 14.1. The smallest absolute Gasteiger partial charge is 0.330 e. The predicted octanol–water partition coefficient (Wildman–Crippen LogP) is 5.30. The molecule has 0 saturated carbocycles. The summed E-state index contributed by atoms with van der Waals surface area (Å²) in [5.74, 6) is -0.985. The SMILES string of the molecule is Cc1ccc(C(Nc2ccc(Cl)c(Br)c2)C(=O)O)cc1Cl. The van der Waals surface area contributed by atoms with Crippen molar-refractivity contribution in [3.8, 4) is 0 Å². The Hall–Kier alpha value is -1.23. The minimum atomic E-state index is -0.985. The predicted molar refractivity (Wildman–Crippen MR) is 89.3 cm³/mol. The molecule has 0 heterocycles. The van der Waals surface area contributed by atoms with Gasteiger partial charge in [-0.3, -0.25) is 0 Å². The lowest BCUT2D eigenvalue weighted by Crippen LogP contribution is -2.20. The third kappa shape index (κ3) is 3.90. The van der Waals surface area contributed by atoms with Crippen molar-refractivity contribution in [2.24, 2.45) is 0 Å². The standard InChI is InChI=1S/C15H12BrCl2NO2/c1-8-2-3-9(6-13(8)18)14(15(20)21)19-10-4-5-12(17)11(16)7-10/h2-7,14,19H,1H3,(H,20,21). The Kier molecular flexibility index (Phi) is 5.14. The third-order valence-corrected chi connectivity index (χ3v) is 4.63. The second-order valence-corrected chi connectivity index (χ2v) is 6.22. The van der Waals surface area contributed by atoms with Crippen molar-refractivity contribution in [2.75, 3.05) is 5.32 Å². The van der Waals surface area contributed by atoms with E-state index in [2.05, 4.69) is 21.2 Å². The van der Waals surface area contributed by atoms with Gasteiger partial charge >= 0.3 is 5.97 Å². The minimum Gasteiger partial charge on any atom is -0.479 e. The molecule has 2 rings (SSSR count). The molecular weight excluding hydrogens is 377 g/mol. The number of benzene rings is 2. The summed E-state index contributed by atoms with van der Waals surface area (Å²) in [5.41, 5.74) is 2.14. The fourth-order valence-corrected chi connectivity index (χ4v) is 2.51. The van der Waals surface area contributed by atoms with E-state index in [1.54, 1.807) is 36.4 Å². The van der Waals surface area contributed by atoms with Gasteiger partial charge in [0, 0.05) is 15.2 Å². The van der Waals surface area contributed by atoms with Gasteiger partial charge in [0.2, 0.25) is 0 Å². The molecule has 3 nitrogen and oxygen atoms in total. The first-order valence-electron chi connectivity index (χ1n) is 6.09. The van der Waals surface area contributed by atoms with Crippen LogP contribution >= 0.6 is 39.1 Å². The highest BCUT2D eigenvalue weighted by Crippen LogP contribution is 2.29. The van der Waals surface area contributed by atoms with Crippen molar-refractivity contribution >= 4 is 50.8 Å². The zero-order valence-electron chi connectivity index (χ0n) is 11.0. The van der Waals surface area contributed by atoms with Gasteiger partial charge < -0.3 is 10.4 Å². The normalized spacial score (nSPS) is 12.0. The molecule has 110 valence electrons. The van der Waals surface area contributed by atoms with Crippen LogP contribution in [-0.4, -0.2) is 11.1 Å². The van der Waals surface area contributed by atoms with Crippen molar-refractivity contribution in [3.63, 3.8) is 0 Å². The number of halogens is 3. The summed E-state index contributed by atoms with van der Waals surface area (Å²) >= 11 is 15.3. The summed E-state index contributed by atoms with van der Waals surface area (Å²) in [4.78, 5) is 11.5. The number of carboxylic acid groups (broad SMARTS) is 1. The Morgan fingerprint density at radius 2 is 1.90 bits per heavy atom. The van der Waals surface area contributed by atoms with Crippen LogP contribution in [0.1, 0.15) is 17.2 Å². The first kappa shape index (κ1) is 16.1. The van der Waals surface area contributed by atoms with E-state index in [0.29, 0.717) is 25.8 Å². The van der Waals surface area contributed by atoms with Gasteiger partial charge in [-0.25, -0.2) is 4.79 Å². The molecule has 0 fully saturated rings. The van der Waals surface area contributed by atoms with Gasteiger partial charge in [0.1, 0.15) is 0 Å².